The number of carbonyl (C=O) groups is 1. The molecule has 0 radical (unpaired) electrons. The van der Waals surface area contributed by atoms with Gasteiger partial charge in [-0.3, -0.25) is 4.79 Å². The van der Waals surface area contributed by atoms with E-state index in [1.165, 1.54) is 0 Å². The summed E-state index contributed by atoms with van der Waals surface area (Å²) in [4.78, 5) is 10.5. The van der Waals surface area contributed by atoms with Gasteiger partial charge in [0.1, 0.15) is 0 Å². The van der Waals surface area contributed by atoms with Crippen LogP contribution in [-0.4, -0.2) is 11.4 Å². The molecule has 0 heterocycles. The van der Waals surface area contributed by atoms with Gasteiger partial charge in [-0.05, 0) is 17.2 Å². The predicted molar refractivity (Wildman–Crippen MR) is 63.9 cm³/mol. The highest BCUT2D eigenvalue weighted by atomic mass is 35.7. The lowest BCUT2D eigenvalue weighted by Crippen LogP contribution is -1.94. The van der Waals surface area contributed by atoms with Gasteiger partial charge >= 0.3 is 0 Å². The van der Waals surface area contributed by atoms with Crippen molar-refractivity contribution in [3.63, 3.8) is 0 Å². The molecule has 0 aliphatic rings. The topological polar surface area (TPSA) is 34.1 Å². The summed E-state index contributed by atoms with van der Waals surface area (Å²) in [7, 11) is 0. The van der Waals surface area contributed by atoms with Gasteiger partial charge in [-0.2, -0.15) is 0 Å². The largest absolute Gasteiger partial charge is 0.306 e. The minimum atomic E-state index is -2.80. The Morgan fingerprint density at radius 1 is 1.27 bits per heavy atom. The Balaban J connectivity index is 2.57. The van der Waals surface area contributed by atoms with E-state index in [0.29, 0.717) is 6.16 Å². The van der Waals surface area contributed by atoms with Crippen LogP contribution in [0.15, 0.2) is 30.3 Å². The molecule has 0 N–H and O–H groups in total. The summed E-state index contributed by atoms with van der Waals surface area (Å²) >= 11 is 11.0. The zero-order chi connectivity index (χ0) is 11.3. The van der Waals surface area contributed by atoms with Gasteiger partial charge in [0.25, 0.3) is 0 Å². The van der Waals surface area contributed by atoms with E-state index in [2.05, 4.69) is 0 Å². The first-order chi connectivity index (χ1) is 6.99. The van der Waals surface area contributed by atoms with Crippen molar-refractivity contribution in [2.45, 2.75) is 12.6 Å². The Labute approximate surface area is 98.7 Å². The average molecular weight is 265 g/mol. The molecule has 1 atom stereocenters. The Morgan fingerprint density at radius 3 is 2.40 bits per heavy atom. The molecule has 5 heteroatoms. The normalized spacial score (nSPS) is 14.5. The third-order valence-electron chi connectivity index (χ3n) is 1.90. The molecule has 0 spiro atoms. The van der Waals surface area contributed by atoms with Crippen LogP contribution in [0.5, 0.6) is 0 Å². The van der Waals surface area contributed by atoms with E-state index in [-0.39, 0.29) is 12.6 Å². The minimum Gasteiger partial charge on any atom is -0.306 e. The molecule has 1 aromatic rings. The molecule has 0 bridgehead atoms. The first-order valence-corrected chi connectivity index (χ1v) is 7.86. The van der Waals surface area contributed by atoms with Gasteiger partial charge in [0.15, 0.2) is 6.49 Å². The lowest BCUT2D eigenvalue weighted by atomic mass is 10.2. The Bertz CT molecular complexity index is 378. The molecule has 2 nitrogen and oxygen atoms in total. The highest BCUT2D eigenvalue weighted by molar-refractivity contribution is 7.88. The molecule has 1 aromatic carbocycles. The second-order valence-corrected chi connectivity index (χ2v) is 7.88. The summed E-state index contributed by atoms with van der Waals surface area (Å²) in [6, 6.07) is 9.32. The van der Waals surface area contributed by atoms with E-state index in [9.17, 15) is 9.36 Å². The van der Waals surface area contributed by atoms with E-state index in [4.69, 9.17) is 22.8 Å². The third kappa shape index (κ3) is 5.36. The van der Waals surface area contributed by atoms with Crippen LogP contribution in [0.4, 0.5) is 0 Å². The lowest BCUT2D eigenvalue weighted by Gasteiger charge is -2.08. The molecule has 0 saturated carbocycles. The van der Waals surface area contributed by atoms with Crippen LogP contribution in [0.2, 0.25) is 0 Å². The second kappa shape index (κ2) is 5.69. The molecule has 82 valence electrons. The van der Waals surface area contributed by atoms with E-state index < -0.39 is 11.7 Å². The highest BCUT2D eigenvalue weighted by Gasteiger charge is 2.19. The fraction of sp³-hybridized carbons (Fsp3) is 0.300. The van der Waals surface area contributed by atoms with Crippen LogP contribution in [0.25, 0.3) is 0 Å². The summed E-state index contributed by atoms with van der Waals surface area (Å²) in [5.41, 5.74) is 0.915. The molecule has 15 heavy (non-hydrogen) atoms. The number of rotatable bonds is 5. The van der Waals surface area contributed by atoms with Crippen LogP contribution >= 0.6 is 29.3 Å². The fourth-order valence-corrected chi connectivity index (χ4v) is 3.54. The number of hydrogen-bond donors (Lipinski definition) is 0. The Morgan fingerprint density at radius 2 is 1.87 bits per heavy atom. The smallest absolute Gasteiger partial charge is 0.222 e. The van der Waals surface area contributed by atoms with Crippen LogP contribution < -0.4 is 0 Å². The number of hydrogen-bond acceptors (Lipinski definition) is 2. The van der Waals surface area contributed by atoms with Gasteiger partial charge in [0.2, 0.25) is 5.24 Å². The molecular formula is C10H11Cl2O2P. The van der Waals surface area contributed by atoms with E-state index in [1.807, 2.05) is 30.3 Å². The molecule has 0 saturated heterocycles. The molecule has 1 unspecified atom stereocenters. The van der Waals surface area contributed by atoms with Gasteiger partial charge in [0, 0.05) is 18.7 Å². The maximum atomic E-state index is 11.8. The number of carbonyl (C=O) groups excluding carboxylic acids is 1. The van der Waals surface area contributed by atoms with Crippen molar-refractivity contribution in [2.24, 2.45) is 0 Å². The maximum Gasteiger partial charge on any atom is 0.222 e. The molecular weight excluding hydrogens is 254 g/mol. The first kappa shape index (κ1) is 12.8. The fourth-order valence-electron chi connectivity index (χ4n) is 1.19. The van der Waals surface area contributed by atoms with Crippen LogP contribution in [-0.2, 0) is 15.5 Å². The van der Waals surface area contributed by atoms with Gasteiger partial charge in [-0.25, -0.2) is 0 Å². The Hall–Kier alpha value is -0.300. The number of benzene rings is 1. The average Bonchev–Trinajstić information content (AvgIpc) is 2.16. The predicted octanol–water partition coefficient (Wildman–Crippen LogP) is 3.86. The van der Waals surface area contributed by atoms with Crippen molar-refractivity contribution >= 4 is 34.6 Å². The van der Waals surface area contributed by atoms with E-state index >= 15 is 0 Å². The maximum absolute atomic E-state index is 11.8. The van der Waals surface area contributed by atoms with E-state index in [1.54, 1.807) is 0 Å². The highest BCUT2D eigenvalue weighted by Crippen LogP contribution is 2.54. The lowest BCUT2D eigenvalue weighted by molar-refractivity contribution is -0.111. The molecule has 0 amide bonds. The minimum absolute atomic E-state index is 0.0646. The summed E-state index contributed by atoms with van der Waals surface area (Å²) in [5, 5.41) is -0.496. The van der Waals surface area contributed by atoms with Crippen molar-refractivity contribution < 1.29 is 9.36 Å². The number of halogens is 2. The van der Waals surface area contributed by atoms with Crippen molar-refractivity contribution in [2.75, 3.05) is 6.16 Å². The first-order valence-electron chi connectivity index (χ1n) is 4.49. The van der Waals surface area contributed by atoms with Crippen LogP contribution in [0, 0.1) is 0 Å². The summed E-state index contributed by atoms with van der Waals surface area (Å²) in [5.74, 6) is 0. The summed E-state index contributed by atoms with van der Waals surface area (Å²) in [6.07, 6.45) is 0.528. The zero-order valence-electron chi connectivity index (χ0n) is 8.03. The van der Waals surface area contributed by atoms with Gasteiger partial charge in [0.05, 0.1) is 0 Å². The standard InChI is InChI=1S/C10H11Cl2O2P/c11-10(13)6-7-15(12,14)8-9-4-2-1-3-5-9/h1-5H,6-8H2. The van der Waals surface area contributed by atoms with Crippen molar-refractivity contribution in [3.8, 4) is 0 Å². The van der Waals surface area contributed by atoms with Crippen LogP contribution in [0.3, 0.4) is 0 Å². The third-order valence-corrected chi connectivity index (χ3v) is 4.69. The monoisotopic (exact) mass is 264 g/mol. The Kier molecular flexibility index (Phi) is 4.85. The van der Waals surface area contributed by atoms with Gasteiger partial charge in [-0.15, -0.1) is 0 Å². The zero-order valence-corrected chi connectivity index (χ0v) is 10.4. The summed E-state index contributed by atoms with van der Waals surface area (Å²) in [6.45, 7) is -2.80. The molecule has 0 fully saturated rings. The van der Waals surface area contributed by atoms with Crippen molar-refractivity contribution in [1.82, 2.24) is 0 Å². The molecule has 0 aromatic heterocycles. The quantitative estimate of drug-likeness (QED) is 0.598. The summed E-state index contributed by atoms with van der Waals surface area (Å²) < 4.78 is 11.8. The van der Waals surface area contributed by atoms with Gasteiger partial charge < -0.3 is 4.57 Å². The molecule has 0 aliphatic heterocycles. The van der Waals surface area contributed by atoms with Crippen molar-refractivity contribution in [3.05, 3.63) is 35.9 Å². The SMILES string of the molecule is O=C(Cl)CCP(=O)(Cl)Cc1ccccc1. The molecule has 0 aliphatic carbocycles. The molecule has 1 rings (SSSR count). The second-order valence-electron chi connectivity index (χ2n) is 3.26. The van der Waals surface area contributed by atoms with E-state index in [0.717, 1.165) is 5.56 Å². The van der Waals surface area contributed by atoms with Crippen molar-refractivity contribution in [1.29, 1.82) is 0 Å². The van der Waals surface area contributed by atoms with Gasteiger partial charge in [-0.1, -0.05) is 41.6 Å². The van der Waals surface area contributed by atoms with Crippen LogP contribution in [0.1, 0.15) is 12.0 Å².